The number of aliphatic hydroxyl groups is 1. The smallest absolute Gasteiger partial charge is 0.238 e. The first-order valence-corrected chi connectivity index (χ1v) is 7.67. The van der Waals surface area contributed by atoms with Gasteiger partial charge >= 0.3 is 0 Å². The van der Waals surface area contributed by atoms with Crippen LogP contribution in [-0.2, 0) is 17.8 Å². The highest BCUT2D eigenvalue weighted by atomic mass is 16.3. The maximum absolute atomic E-state index is 11.2. The van der Waals surface area contributed by atoms with Crippen molar-refractivity contribution < 1.29 is 9.90 Å². The number of hydrogen-bond donors (Lipinski definition) is 3. The Kier molecular flexibility index (Phi) is 4.24. The third-order valence-electron chi connectivity index (χ3n) is 4.77. The lowest BCUT2D eigenvalue weighted by Crippen LogP contribution is -2.44. The number of nitrogens with two attached hydrogens (primary N) is 1. The average molecular weight is 289 g/mol. The van der Waals surface area contributed by atoms with Crippen LogP contribution in [0.25, 0.3) is 0 Å². The van der Waals surface area contributed by atoms with Gasteiger partial charge in [0.25, 0.3) is 0 Å². The van der Waals surface area contributed by atoms with E-state index in [0.29, 0.717) is 18.5 Å². The average Bonchev–Trinajstić information content (AvgIpc) is 2.71. The Morgan fingerprint density at radius 1 is 1.19 bits per heavy atom. The van der Waals surface area contributed by atoms with Crippen molar-refractivity contribution in [2.45, 2.75) is 56.8 Å². The second-order valence-electron chi connectivity index (χ2n) is 6.24. The summed E-state index contributed by atoms with van der Waals surface area (Å²) in [4.78, 5) is 13.8. The molecular formula is C16H23N3O2. The predicted octanol–water partition coefficient (Wildman–Crippen LogP) is 0.707. The molecule has 2 saturated heterocycles. The molecule has 2 bridgehead atoms. The molecule has 0 aliphatic carbocycles. The van der Waals surface area contributed by atoms with Gasteiger partial charge in [-0.25, -0.2) is 5.84 Å². The van der Waals surface area contributed by atoms with Crippen molar-refractivity contribution >= 4 is 5.91 Å². The number of carbonyl (C=O) groups is 1. The number of carbonyl (C=O) groups excluding carboxylic acids is 1. The number of rotatable bonds is 4. The summed E-state index contributed by atoms with van der Waals surface area (Å²) in [7, 11) is 0. The second-order valence-corrected chi connectivity index (χ2v) is 6.24. The van der Waals surface area contributed by atoms with Gasteiger partial charge in [0.15, 0.2) is 0 Å². The number of nitrogens with one attached hydrogen (secondary N) is 1. The summed E-state index contributed by atoms with van der Waals surface area (Å²) >= 11 is 0. The van der Waals surface area contributed by atoms with Crippen LogP contribution in [0.3, 0.4) is 0 Å². The van der Waals surface area contributed by atoms with Gasteiger partial charge in [0, 0.05) is 18.6 Å². The second kappa shape index (κ2) is 6.13. The molecule has 0 spiro atoms. The normalized spacial score (nSPS) is 28.6. The molecule has 2 fully saturated rings. The maximum atomic E-state index is 11.2. The predicted molar refractivity (Wildman–Crippen MR) is 80.1 cm³/mol. The molecule has 2 aliphatic heterocycles. The molecule has 0 aromatic heterocycles. The highest BCUT2D eigenvalue weighted by Gasteiger charge is 2.39. The summed E-state index contributed by atoms with van der Waals surface area (Å²) in [6, 6.07) is 9.21. The lowest BCUT2D eigenvalue weighted by Gasteiger charge is -2.37. The maximum Gasteiger partial charge on any atom is 0.238 e. The lowest BCUT2D eigenvalue weighted by atomic mass is 9.99. The van der Waals surface area contributed by atoms with E-state index in [1.807, 2.05) is 12.1 Å². The van der Waals surface area contributed by atoms with E-state index in [2.05, 4.69) is 22.5 Å². The zero-order valence-electron chi connectivity index (χ0n) is 12.2. The van der Waals surface area contributed by atoms with Gasteiger partial charge in [-0.15, -0.1) is 0 Å². The molecule has 2 unspecified atom stereocenters. The number of hydrogen-bond acceptors (Lipinski definition) is 4. The first-order valence-electron chi connectivity index (χ1n) is 7.67. The summed E-state index contributed by atoms with van der Waals surface area (Å²) in [6.45, 7) is 0.936. The van der Waals surface area contributed by atoms with Crippen LogP contribution < -0.4 is 11.3 Å². The van der Waals surface area contributed by atoms with Gasteiger partial charge in [-0.2, -0.15) is 0 Å². The molecule has 1 aromatic carbocycles. The lowest BCUT2D eigenvalue weighted by molar-refractivity contribution is -0.120. The topological polar surface area (TPSA) is 78.6 Å². The van der Waals surface area contributed by atoms with Crippen LogP contribution in [0, 0.1) is 0 Å². The van der Waals surface area contributed by atoms with E-state index in [1.54, 1.807) is 0 Å². The monoisotopic (exact) mass is 289 g/mol. The molecule has 4 N–H and O–H groups in total. The van der Waals surface area contributed by atoms with Gasteiger partial charge < -0.3 is 5.11 Å². The fourth-order valence-corrected chi connectivity index (χ4v) is 3.71. The van der Waals surface area contributed by atoms with E-state index in [9.17, 15) is 9.90 Å². The highest BCUT2D eigenvalue weighted by molar-refractivity contribution is 5.77. The molecule has 1 amide bonds. The van der Waals surface area contributed by atoms with Gasteiger partial charge in [0.05, 0.1) is 12.5 Å². The van der Waals surface area contributed by atoms with Crippen molar-refractivity contribution in [1.82, 2.24) is 10.3 Å². The minimum Gasteiger partial charge on any atom is -0.393 e. The first kappa shape index (κ1) is 14.5. The van der Waals surface area contributed by atoms with E-state index in [-0.39, 0.29) is 12.0 Å². The van der Waals surface area contributed by atoms with Crippen molar-refractivity contribution in [2.24, 2.45) is 5.84 Å². The molecule has 3 rings (SSSR count). The van der Waals surface area contributed by atoms with Gasteiger partial charge in [-0.05, 0) is 36.8 Å². The number of aliphatic hydroxyl groups excluding tert-OH is 1. The Hall–Kier alpha value is -1.43. The zero-order chi connectivity index (χ0) is 14.8. The number of piperidine rings is 1. The fraction of sp³-hybridized carbons (Fsp3) is 0.562. The van der Waals surface area contributed by atoms with Crippen LogP contribution in [0.1, 0.15) is 36.8 Å². The molecule has 1 aromatic rings. The molecule has 5 nitrogen and oxygen atoms in total. The summed E-state index contributed by atoms with van der Waals surface area (Å²) in [5, 5.41) is 9.84. The van der Waals surface area contributed by atoms with Crippen LogP contribution in [0.4, 0.5) is 0 Å². The summed E-state index contributed by atoms with van der Waals surface area (Å²) < 4.78 is 0. The van der Waals surface area contributed by atoms with E-state index in [1.165, 1.54) is 18.4 Å². The minimum absolute atomic E-state index is 0.115. The Morgan fingerprint density at radius 2 is 1.76 bits per heavy atom. The standard InChI is InChI=1S/C16H23N3O2/c17-18-16(21)7-11-1-3-12(4-2-11)10-19-13-5-6-14(19)9-15(20)8-13/h1-4,13-15,20H,5-10,17H2,(H,18,21). The summed E-state index contributed by atoms with van der Waals surface area (Å²) in [6.07, 6.45) is 4.43. The number of nitrogens with zero attached hydrogens (tertiary/aromatic N) is 1. The summed E-state index contributed by atoms with van der Waals surface area (Å²) in [5.74, 6) is 4.92. The number of hydrazine groups is 1. The van der Waals surface area contributed by atoms with Crippen molar-refractivity contribution in [3.05, 3.63) is 35.4 Å². The number of amides is 1. The molecule has 5 heteroatoms. The van der Waals surface area contributed by atoms with Crippen LogP contribution in [0.2, 0.25) is 0 Å². The molecule has 0 saturated carbocycles. The van der Waals surface area contributed by atoms with Crippen LogP contribution in [-0.4, -0.2) is 34.1 Å². The molecule has 0 radical (unpaired) electrons. The number of fused-ring (bicyclic) bond motifs is 2. The summed E-state index contributed by atoms with van der Waals surface area (Å²) in [5.41, 5.74) is 4.38. The third kappa shape index (κ3) is 3.26. The minimum atomic E-state index is -0.175. The Morgan fingerprint density at radius 3 is 2.33 bits per heavy atom. The van der Waals surface area contributed by atoms with E-state index in [0.717, 1.165) is 24.9 Å². The van der Waals surface area contributed by atoms with Gasteiger partial charge in [-0.3, -0.25) is 15.1 Å². The fourth-order valence-electron chi connectivity index (χ4n) is 3.71. The Bertz CT molecular complexity index is 489. The molecule has 21 heavy (non-hydrogen) atoms. The van der Waals surface area contributed by atoms with Crippen molar-refractivity contribution in [3.63, 3.8) is 0 Å². The molecule has 2 heterocycles. The van der Waals surface area contributed by atoms with Crippen LogP contribution in [0.5, 0.6) is 0 Å². The van der Waals surface area contributed by atoms with Crippen molar-refractivity contribution in [3.8, 4) is 0 Å². The highest BCUT2D eigenvalue weighted by Crippen LogP contribution is 2.36. The van der Waals surface area contributed by atoms with E-state index in [4.69, 9.17) is 5.84 Å². The SMILES string of the molecule is NNC(=O)Cc1ccc(CN2C3CCC2CC(O)C3)cc1. The molecule has 114 valence electrons. The van der Waals surface area contributed by atoms with Gasteiger partial charge in [0.1, 0.15) is 0 Å². The van der Waals surface area contributed by atoms with Crippen LogP contribution in [0.15, 0.2) is 24.3 Å². The van der Waals surface area contributed by atoms with Crippen molar-refractivity contribution in [1.29, 1.82) is 0 Å². The molecule has 2 atom stereocenters. The first-order chi connectivity index (χ1) is 10.2. The number of benzene rings is 1. The Labute approximate surface area is 125 Å². The molecule has 2 aliphatic rings. The largest absolute Gasteiger partial charge is 0.393 e. The van der Waals surface area contributed by atoms with Gasteiger partial charge in [0.2, 0.25) is 5.91 Å². The van der Waals surface area contributed by atoms with Crippen molar-refractivity contribution in [2.75, 3.05) is 0 Å². The Balaban J connectivity index is 1.62. The van der Waals surface area contributed by atoms with Gasteiger partial charge in [-0.1, -0.05) is 24.3 Å². The quantitative estimate of drug-likeness (QED) is 0.433. The third-order valence-corrected chi connectivity index (χ3v) is 4.77. The van der Waals surface area contributed by atoms with E-state index >= 15 is 0 Å². The van der Waals surface area contributed by atoms with E-state index < -0.39 is 0 Å². The zero-order valence-corrected chi connectivity index (χ0v) is 12.2. The molecular weight excluding hydrogens is 266 g/mol. The van der Waals surface area contributed by atoms with Crippen LogP contribution >= 0.6 is 0 Å².